The van der Waals surface area contributed by atoms with Crippen LogP contribution in [0.3, 0.4) is 0 Å². The number of rotatable bonds is 5. The molecule has 1 amide bonds. The summed E-state index contributed by atoms with van der Waals surface area (Å²) in [6.07, 6.45) is 5.72. The van der Waals surface area contributed by atoms with Gasteiger partial charge in [0, 0.05) is 30.2 Å². The van der Waals surface area contributed by atoms with Crippen molar-refractivity contribution in [3.8, 4) is 11.3 Å². The Morgan fingerprint density at radius 2 is 2.07 bits per heavy atom. The zero-order chi connectivity index (χ0) is 20.4. The van der Waals surface area contributed by atoms with Crippen molar-refractivity contribution in [3.05, 3.63) is 64.1 Å². The van der Waals surface area contributed by atoms with Crippen LogP contribution in [0.5, 0.6) is 0 Å². The highest BCUT2D eigenvalue weighted by Gasteiger charge is 2.29. The van der Waals surface area contributed by atoms with Gasteiger partial charge in [-0.2, -0.15) is 0 Å². The molecule has 0 bridgehead atoms. The van der Waals surface area contributed by atoms with Crippen LogP contribution in [0.4, 0.5) is 0 Å². The van der Waals surface area contributed by atoms with E-state index in [0.29, 0.717) is 19.5 Å². The molecule has 9 heteroatoms. The first kappa shape index (κ1) is 19.5. The van der Waals surface area contributed by atoms with Gasteiger partial charge < -0.3 is 10.2 Å². The van der Waals surface area contributed by atoms with Crippen molar-refractivity contribution in [2.45, 2.75) is 13.3 Å². The summed E-state index contributed by atoms with van der Waals surface area (Å²) in [6.45, 7) is 2.72. The Bertz CT molecular complexity index is 1130. The van der Waals surface area contributed by atoms with Crippen molar-refractivity contribution in [1.82, 2.24) is 15.2 Å². The predicted molar refractivity (Wildman–Crippen MR) is 114 cm³/mol. The number of amides is 1. The molecule has 0 aliphatic carbocycles. The molecular weight excluding hydrogens is 408 g/mol. The topological polar surface area (TPSA) is 91.7 Å². The summed E-state index contributed by atoms with van der Waals surface area (Å²) in [5.41, 5.74) is 3.40. The second-order valence-corrected chi connectivity index (χ2v) is 9.59. The third kappa shape index (κ3) is 4.46. The van der Waals surface area contributed by atoms with E-state index in [-0.39, 0.29) is 23.1 Å². The SMILES string of the molecule is Cc1nc(-c2ccc(CCNC(=O)C3=CC=CN4CCS(=O)(=O)N=C34)cc2)cs1. The largest absolute Gasteiger partial charge is 0.352 e. The Morgan fingerprint density at radius 1 is 1.28 bits per heavy atom. The average Bonchev–Trinajstić information content (AvgIpc) is 3.13. The maximum absolute atomic E-state index is 12.6. The number of carbonyl (C=O) groups excluding carboxylic acids is 1. The van der Waals surface area contributed by atoms with Crippen LogP contribution in [0.1, 0.15) is 10.6 Å². The minimum Gasteiger partial charge on any atom is -0.352 e. The minimum atomic E-state index is -3.52. The minimum absolute atomic E-state index is 0.0494. The number of nitrogens with zero attached hydrogens (tertiary/aromatic N) is 3. The Labute approximate surface area is 173 Å². The number of hydrogen-bond acceptors (Lipinski definition) is 6. The van der Waals surface area contributed by atoms with Gasteiger partial charge in [-0.15, -0.1) is 15.7 Å². The smallest absolute Gasteiger partial charge is 0.256 e. The number of aromatic nitrogens is 1. The molecule has 1 aromatic carbocycles. The monoisotopic (exact) mass is 428 g/mol. The van der Waals surface area contributed by atoms with Crippen LogP contribution in [-0.2, 0) is 21.2 Å². The van der Waals surface area contributed by atoms with E-state index in [1.54, 1.807) is 34.6 Å². The van der Waals surface area contributed by atoms with Gasteiger partial charge in [-0.25, -0.2) is 13.4 Å². The zero-order valence-corrected chi connectivity index (χ0v) is 17.5. The zero-order valence-electron chi connectivity index (χ0n) is 15.8. The molecule has 29 heavy (non-hydrogen) atoms. The first-order valence-electron chi connectivity index (χ1n) is 9.19. The second-order valence-electron chi connectivity index (χ2n) is 6.77. The number of amidine groups is 1. The van der Waals surface area contributed by atoms with E-state index in [2.05, 4.69) is 14.7 Å². The number of thiazole rings is 1. The third-order valence-corrected chi connectivity index (χ3v) is 6.59. The van der Waals surface area contributed by atoms with Crippen LogP contribution in [0.15, 0.2) is 58.0 Å². The molecule has 0 saturated carbocycles. The van der Waals surface area contributed by atoms with Crippen molar-refractivity contribution in [3.63, 3.8) is 0 Å². The highest BCUT2D eigenvalue weighted by molar-refractivity contribution is 7.90. The van der Waals surface area contributed by atoms with Gasteiger partial charge >= 0.3 is 0 Å². The van der Waals surface area contributed by atoms with Crippen LogP contribution < -0.4 is 5.32 Å². The lowest BCUT2D eigenvalue weighted by Crippen LogP contribution is -2.42. The highest BCUT2D eigenvalue weighted by atomic mass is 32.2. The fraction of sp³-hybridized carbons (Fsp3) is 0.250. The molecule has 3 heterocycles. The van der Waals surface area contributed by atoms with E-state index >= 15 is 0 Å². The van der Waals surface area contributed by atoms with Crippen molar-refractivity contribution in [2.75, 3.05) is 18.8 Å². The number of nitrogens with one attached hydrogen (secondary N) is 1. The molecule has 1 N–H and O–H groups in total. The van der Waals surface area contributed by atoms with E-state index in [9.17, 15) is 13.2 Å². The molecule has 0 atom stereocenters. The van der Waals surface area contributed by atoms with Crippen LogP contribution in [0.25, 0.3) is 11.3 Å². The van der Waals surface area contributed by atoms with Crippen molar-refractivity contribution in [2.24, 2.45) is 4.40 Å². The van der Waals surface area contributed by atoms with Crippen LogP contribution in [-0.4, -0.2) is 48.9 Å². The van der Waals surface area contributed by atoms with E-state index in [1.807, 2.05) is 36.6 Å². The number of sulfonamides is 1. The maximum atomic E-state index is 12.6. The fourth-order valence-electron chi connectivity index (χ4n) is 3.15. The van der Waals surface area contributed by atoms with Gasteiger partial charge in [-0.1, -0.05) is 24.3 Å². The summed E-state index contributed by atoms with van der Waals surface area (Å²) in [6, 6.07) is 8.11. The average molecular weight is 429 g/mol. The van der Waals surface area contributed by atoms with Crippen LogP contribution in [0.2, 0.25) is 0 Å². The summed E-state index contributed by atoms with van der Waals surface area (Å²) in [4.78, 5) is 18.7. The number of carbonyl (C=O) groups is 1. The molecule has 2 aliphatic heterocycles. The predicted octanol–water partition coefficient (Wildman–Crippen LogP) is 2.27. The molecule has 1 aromatic heterocycles. The summed E-state index contributed by atoms with van der Waals surface area (Å²) >= 11 is 1.62. The van der Waals surface area contributed by atoms with Gasteiger partial charge in [0.1, 0.15) is 0 Å². The second kappa shape index (κ2) is 7.92. The molecule has 2 aromatic rings. The van der Waals surface area contributed by atoms with Crippen LogP contribution in [0, 0.1) is 6.92 Å². The molecule has 150 valence electrons. The molecule has 7 nitrogen and oxygen atoms in total. The lowest BCUT2D eigenvalue weighted by Gasteiger charge is -2.28. The lowest BCUT2D eigenvalue weighted by atomic mass is 10.1. The molecule has 0 fully saturated rings. The standard InChI is InChI=1S/C20H20N4O3S2/c1-14-22-18(13-28-14)16-6-4-15(5-7-16)8-9-21-20(25)17-3-2-10-24-11-12-29(26,27)23-19(17)24/h2-7,10,13H,8-9,11-12H2,1H3,(H,21,25). The molecule has 2 aliphatic rings. The Morgan fingerprint density at radius 3 is 2.79 bits per heavy atom. The lowest BCUT2D eigenvalue weighted by molar-refractivity contribution is -0.117. The number of aryl methyl sites for hydroxylation is 1. The fourth-order valence-corrected chi connectivity index (χ4v) is 4.75. The highest BCUT2D eigenvalue weighted by Crippen LogP contribution is 2.22. The van der Waals surface area contributed by atoms with E-state index in [1.165, 1.54) is 0 Å². The molecular formula is C20H20N4O3S2. The Hall–Kier alpha value is -2.78. The summed E-state index contributed by atoms with van der Waals surface area (Å²) in [5.74, 6) is -0.185. The number of benzene rings is 1. The quantitative estimate of drug-likeness (QED) is 0.789. The van der Waals surface area contributed by atoms with Gasteiger partial charge in [-0.05, 0) is 31.1 Å². The van der Waals surface area contributed by atoms with Gasteiger partial charge in [0.05, 0.1) is 22.0 Å². The van der Waals surface area contributed by atoms with Gasteiger partial charge in [-0.3, -0.25) is 4.79 Å². The number of fused-ring (bicyclic) bond motifs is 1. The van der Waals surface area contributed by atoms with E-state index in [4.69, 9.17) is 0 Å². The van der Waals surface area contributed by atoms with E-state index in [0.717, 1.165) is 21.8 Å². The Kier molecular flexibility index (Phi) is 5.33. The molecule has 0 saturated heterocycles. The number of allylic oxidation sites excluding steroid dienone is 2. The summed E-state index contributed by atoms with van der Waals surface area (Å²) in [5, 5.41) is 5.93. The summed E-state index contributed by atoms with van der Waals surface area (Å²) < 4.78 is 27.4. The molecule has 0 radical (unpaired) electrons. The first-order chi connectivity index (χ1) is 13.9. The van der Waals surface area contributed by atoms with Gasteiger partial charge in [0.15, 0.2) is 5.84 Å². The molecule has 0 spiro atoms. The number of hydrogen-bond donors (Lipinski definition) is 1. The third-order valence-electron chi connectivity index (χ3n) is 4.67. The molecule has 4 rings (SSSR count). The van der Waals surface area contributed by atoms with E-state index < -0.39 is 10.0 Å². The summed E-state index contributed by atoms with van der Waals surface area (Å²) in [7, 11) is -3.52. The van der Waals surface area contributed by atoms with Gasteiger partial charge in [0.2, 0.25) is 0 Å². The molecule has 0 unspecified atom stereocenters. The maximum Gasteiger partial charge on any atom is 0.256 e. The normalized spacial score (nSPS) is 17.3. The van der Waals surface area contributed by atoms with Crippen molar-refractivity contribution >= 4 is 33.1 Å². The van der Waals surface area contributed by atoms with Crippen molar-refractivity contribution < 1.29 is 13.2 Å². The van der Waals surface area contributed by atoms with Gasteiger partial charge in [0.25, 0.3) is 15.9 Å². The van der Waals surface area contributed by atoms with Crippen LogP contribution >= 0.6 is 11.3 Å². The Balaban J connectivity index is 1.37. The first-order valence-corrected chi connectivity index (χ1v) is 11.7. The van der Waals surface area contributed by atoms with Crippen molar-refractivity contribution in [1.29, 1.82) is 0 Å².